The van der Waals surface area contributed by atoms with Crippen LogP contribution in [0, 0.1) is 5.82 Å². The minimum atomic E-state index is -2.25. The molecule has 7 nitrogen and oxygen atoms in total. The lowest BCUT2D eigenvalue weighted by Crippen LogP contribution is -2.42. The molecular formula is C22H28FN3O4S. The summed E-state index contributed by atoms with van der Waals surface area (Å²) in [6.45, 7) is 5.14. The van der Waals surface area contributed by atoms with Crippen LogP contribution < -0.4 is 5.32 Å². The number of nitrogens with one attached hydrogen (secondary N) is 1. The summed E-state index contributed by atoms with van der Waals surface area (Å²) in [4.78, 5) is 13.9. The van der Waals surface area contributed by atoms with Gasteiger partial charge in [-0.3, -0.25) is 9.45 Å². The first-order valence-corrected chi connectivity index (χ1v) is 11.3. The van der Waals surface area contributed by atoms with Crippen molar-refractivity contribution in [2.24, 2.45) is 0 Å². The first kappa shape index (κ1) is 23.5. The van der Waals surface area contributed by atoms with Crippen LogP contribution in [0.4, 0.5) is 4.39 Å². The number of carbonyl (C=O) groups excluding carboxylic acids is 1. The zero-order valence-corrected chi connectivity index (χ0v) is 18.4. The quantitative estimate of drug-likeness (QED) is 0.451. The van der Waals surface area contributed by atoms with Crippen molar-refractivity contribution >= 4 is 17.2 Å². The molecule has 2 aromatic rings. The number of benzene rings is 2. The second kappa shape index (κ2) is 11.4. The molecule has 1 saturated heterocycles. The Morgan fingerprint density at radius 1 is 1.23 bits per heavy atom. The molecule has 0 radical (unpaired) electrons. The first-order valence-electron chi connectivity index (χ1n) is 10.2. The SMILES string of the molecule is COC(=O)c1ccc(CN(CCc2cccc(CN3CCNCC3)c2)S(=O)O)c(F)c1. The Balaban J connectivity index is 1.61. The Labute approximate surface area is 184 Å². The highest BCUT2D eigenvalue weighted by Crippen LogP contribution is 2.16. The maximum atomic E-state index is 14.4. The van der Waals surface area contributed by atoms with Crippen molar-refractivity contribution in [2.75, 3.05) is 39.8 Å². The standard InChI is InChI=1S/C22H28FN3O4S/c1-30-22(27)19-5-6-20(21(23)14-19)16-26(31(28)29)10-7-17-3-2-4-18(13-17)15-25-11-8-24-9-12-25/h2-6,13-14,24H,7-12,15-16H2,1H3,(H,28,29). The third kappa shape index (κ3) is 6.91. The van der Waals surface area contributed by atoms with E-state index in [2.05, 4.69) is 27.1 Å². The summed E-state index contributed by atoms with van der Waals surface area (Å²) in [6, 6.07) is 12.2. The molecule has 1 aliphatic heterocycles. The zero-order valence-electron chi connectivity index (χ0n) is 17.6. The van der Waals surface area contributed by atoms with Crippen LogP contribution in [0.25, 0.3) is 0 Å². The number of hydrogen-bond acceptors (Lipinski definition) is 5. The number of carbonyl (C=O) groups is 1. The largest absolute Gasteiger partial charge is 0.465 e. The van der Waals surface area contributed by atoms with Crippen molar-refractivity contribution < 1.29 is 22.7 Å². The van der Waals surface area contributed by atoms with Crippen LogP contribution in [0.15, 0.2) is 42.5 Å². The highest BCUT2D eigenvalue weighted by atomic mass is 32.2. The van der Waals surface area contributed by atoms with Gasteiger partial charge in [-0.25, -0.2) is 13.4 Å². The maximum Gasteiger partial charge on any atom is 0.337 e. The van der Waals surface area contributed by atoms with E-state index >= 15 is 0 Å². The van der Waals surface area contributed by atoms with Crippen molar-refractivity contribution in [1.82, 2.24) is 14.5 Å². The highest BCUT2D eigenvalue weighted by Gasteiger charge is 2.17. The molecular weight excluding hydrogens is 421 g/mol. The lowest BCUT2D eigenvalue weighted by Gasteiger charge is -2.27. The average molecular weight is 450 g/mol. The second-order valence-electron chi connectivity index (χ2n) is 7.49. The van der Waals surface area contributed by atoms with E-state index in [9.17, 15) is 17.9 Å². The summed E-state index contributed by atoms with van der Waals surface area (Å²) in [6.07, 6.45) is 0.559. The fourth-order valence-electron chi connectivity index (χ4n) is 3.59. The third-order valence-corrected chi connectivity index (χ3v) is 6.05. The summed E-state index contributed by atoms with van der Waals surface area (Å²) in [5.41, 5.74) is 2.61. The molecule has 9 heteroatoms. The molecule has 0 bridgehead atoms. The van der Waals surface area contributed by atoms with Gasteiger partial charge in [-0.15, -0.1) is 0 Å². The van der Waals surface area contributed by atoms with Crippen molar-refractivity contribution in [2.45, 2.75) is 19.5 Å². The molecule has 0 aromatic heterocycles. The normalized spacial score (nSPS) is 15.7. The molecule has 0 aliphatic carbocycles. The van der Waals surface area contributed by atoms with E-state index in [1.54, 1.807) is 0 Å². The Hall–Kier alpha value is -2.17. The molecule has 0 saturated carbocycles. The fraction of sp³-hybridized carbons (Fsp3) is 0.409. The van der Waals surface area contributed by atoms with Gasteiger partial charge >= 0.3 is 5.97 Å². The van der Waals surface area contributed by atoms with Crippen LogP contribution in [-0.4, -0.2) is 63.8 Å². The summed E-state index contributed by atoms with van der Waals surface area (Å²) in [5.74, 6) is -1.25. The fourth-order valence-corrected chi connectivity index (χ4v) is 4.08. The van der Waals surface area contributed by atoms with Crippen LogP contribution in [-0.2, 0) is 35.5 Å². The van der Waals surface area contributed by atoms with Crippen LogP contribution in [0.2, 0.25) is 0 Å². The molecule has 1 unspecified atom stereocenters. The highest BCUT2D eigenvalue weighted by molar-refractivity contribution is 7.76. The van der Waals surface area contributed by atoms with Gasteiger partial charge < -0.3 is 10.1 Å². The number of halogens is 1. The summed E-state index contributed by atoms with van der Waals surface area (Å²) >= 11 is -2.25. The molecule has 0 amide bonds. The number of rotatable bonds is 9. The molecule has 1 fully saturated rings. The van der Waals surface area contributed by atoms with Gasteiger partial charge in [0.1, 0.15) is 5.82 Å². The monoisotopic (exact) mass is 449 g/mol. The van der Waals surface area contributed by atoms with Gasteiger partial charge in [0, 0.05) is 51.4 Å². The second-order valence-corrected chi connectivity index (χ2v) is 8.47. The van der Waals surface area contributed by atoms with Crippen LogP contribution in [0.3, 0.4) is 0 Å². The van der Waals surface area contributed by atoms with Gasteiger partial charge in [0.05, 0.1) is 12.7 Å². The maximum absolute atomic E-state index is 14.4. The molecule has 1 heterocycles. The minimum absolute atomic E-state index is 0.0448. The van der Waals surface area contributed by atoms with Gasteiger partial charge in [-0.2, -0.15) is 4.31 Å². The van der Waals surface area contributed by atoms with E-state index in [1.165, 1.54) is 29.1 Å². The average Bonchev–Trinajstić information content (AvgIpc) is 2.77. The smallest absolute Gasteiger partial charge is 0.337 e. The van der Waals surface area contributed by atoms with E-state index in [-0.39, 0.29) is 17.7 Å². The van der Waals surface area contributed by atoms with Crippen molar-refractivity contribution in [3.8, 4) is 0 Å². The number of esters is 1. The number of methoxy groups -OCH3 is 1. The van der Waals surface area contributed by atoms with Crippen molar-refractivity contribution in [3.63, 3.8) is 0 Å². The number of hydrogen-bond donors (Lipinski definition) is 2. The lowest BCUT2D eigenvalue weighted by atomic mass is 10.1. The summed E-state index contributed by atoms with van der Waals surface area (Å²) in [5, 5.41) is 3.34. The van der Waals surface area contributed by atoms with Crippen LogP contribution in [0.1, 0.15) is 27.0 Å². The molecule has 1 aliphatic rings. The van der Waals surface area contributed by atoms with Crippen LogP contribution >= 0.6 is 0 Å². The van der Waals surface area contributed by atoms with Gasteiger partial charge in [-0.1, -0.05) is 30.3 Å². The van der Waals surface area contributed by atoms with E-state index in [1.807, 2.05) is 12.1 Å². The zero-order chi connectivity index (χ0) is 22.2. The van der Waals surface area contributed by atoms with Gasteiger partial charge in [-0.05, 0) is 29.7 Å². The van der Waals surface area contributed by atoms with E-state index in [0.717, 1.165) is 44.4 Å². The number of ether oxygens (including phenoxy) is 1. The molecule has 31 heavy (non-hydrogen) atoms. The van der Waals surface area contributed by atoms with Crippen molar-refractivity contribution in [3.05, 3.63) is 70.5 Å². The minimum Gasteiger partial charge on any atom is -0.465 e. The van der Waals surface area contributed by atoms with E-state index < -0.39 is 23.1 Å². The van der Waals surface area contributed by atoms with Gasteiger partial charge in [0.25, 0.3) is 0 Å². The molecule has 2 N–H and O–H groups in total. The Kier molecular flexibility index (Phi) is 8.68. The van der Waals surface area contributed by atoms with Crippen molar-refractivity contribution in [1.29, 1.82) is 0 Å². The van der Waals surface area contributed by atoms with Crippen LogP contribution in [0.5, 0.6) is 0 Å². The lowest BCUT2D eigenvalue weighted by molar-refractivity contribution is 0.0600. The molecule has 1 atom stereocenters. The topological polar surface area (TPSA) is 82.1 Å². The predicted molar refractivity (Wildman–Crippen MR) is 117 cm³/mol. The van der Waals surface area contributed by atoms with E-state index in [4.69, 9.17) is 0 Å². The third-order valence-electron chi connectivity index (χ3n) is 5.30. The molecule has 2 aromatic carbocycles. The van der Waals surface area contributed by atoms with Gasteiger partial charge in [0.2, 0.25) is 11.3 Å². The van der Waals surface area contributed by atoms with E-state index in [0.29, 0.717) is 13.0 Å². The summed E-state index contributed by atoms with van der Waals surface area (Å²) in [7, 11) is 1.23. The Morgan fingerprint density at radius 2 is 1.97 bits per heavy atom. The molecule has 0 spiro atoms. The number of piperazine rings is 1. The van der Waals surface area contributed by atoms with Gasteiger partial charge in [0.15, 0.2) is 0 Å². The first-order chi connectivity index (χ1) is 15.0. The Morgan fingerprint density at radius 3 is 2.65 bits per heavy atom. The molecule has 168 valence electrons. The predicted octanol–water partition coefficient (Wildman–Crippen LogP) is 2.20. The number of nitrogens with zero attached hydrogens (tertiary/aromatic N) is 2. The Bertz CT molecular complexity index is 921. The molecule has 3 rings (SSSR count). The summed E-state index contributed by atoms with van der Waals surface area (Å²) < 4.78 is 41.8.